The average molecular weight is 562 g/mol. The number of anilines is 2. The first-order valence-electron chi connectivity index (χ1n) is 14.4. The number of fused-ring (bicyclic) bond motifs is 1. The number of nitrogens with one attached hydrogen (secondary N) is 2. The molecule has 0 amide bonds. The Morgan fingerprint density at radius 3 is 2.32 bits per heavy atom. The van der Waals surface area contributed by atoms with E-state index in [1.807, 2.05) is 12.1 Å². The summed E-state index contributed by atoms with van der Waals surface area (Å²) in [6.45, 7) is 5.92. The number of H-pyrrole nitrogens is 1. The molecular weight excluding hydrogens is 527 g/mol. The summed E-state index contributed by atoms with van der Waals surface area (Å²) < 4.78 is 39.1. The molecule has 2 aromatic heterocycles. The van der Waals surface area contributed by atoms with Crippen LogP contribution in [0.2, 0.25) is 0 Å². The number of likely N-dealkylation sites (tertiary alicyclic amines) is 2. The number of rotatable bonds is 7. The number of aromatic amines is 1. The molecule has 2 aromatic carbocycles. The second-order valence-electron chi connectivity index (χ2n) is 11.1. The Balaban J connectivity index is 1.12. The Labute approximate surface area is 237 Å². The third kappa shape index (κ3) is 6.16. The highest BCUT2D eigenvalue weighted by Crippen LogP contribution is 2.33. The van der Waals surface area contributed by atoms with E-state index in [1.54, 1.807) is 12.3 Å². The van der Waals surface area contributed by atoms with Crippen LogP contribution < -0.4 is 10.9 Å². The van der Waals surface area contributed by atoms with Gasteiger partial charge in [0, 0.05) is 41.6 Å². The molecule has 2 N–H and O–H groups in total. The van der Waals surface area contributed by atoms with Crippen LogP contribution in [0.3, 0.4) is 0 Å². The maximum Gasteiger partial charge on any atom is 0.416 e. The fourth-order valence-corrected chi connectivity index (χ4v) is 6.17. The average Bonchev–Trinajstić information content (AvgIpc) is 3.52. The van der Waals surface area contributed by atoms with E-state index >= 15 is 0 Å². The third-order valence-corrected chi connectivity index (χ3v) is 8.49. The molecule has 6 rings (SSSR count). The highest BCUT2D eigenvalue weighted by atomic mass is 19.4. The van der Waals surface area contributed by atoms with Crippen LogP contribution in [0.15, 0.2) is 71.8 Å². The van der Waals surface area contributed by atoms with Gasteiger partial charge in [0.15, 0.2) is 0 Å². The number of hydrogen-bond acceptors (Lipinski definition) is 5. The monoisotopic (exact) mass is 561 g/mol. The van der Waals surface area contributed by atoms with Crippen molar-refractivity contribution in [2.24, 2.45) is 0 Å². The summed E-state index contributed by atoms with van der Waals surface area (Å²) in [6.07, 6.45) is 4.93. The van der Waals surface area contributed by atoms with E-state index in [2.05, 4.69) is 37.2 Å². The summed E-state index contributed by atoms with van der Waals surface area (Å²) in [6, 6.07) is 15.6. The van der Waals surface area contributed by atoms with Gasteiger partial charge in [-0.05, 0) is 99.7 Å². The number of piperidine rings is 1. The SMILES string of the molecule is O=c1[nH]cc(-c2ccc(C(F)(F)F)cc2)c2ccnc(Nc3ccc(CCN4CCC(N5CCCC5)CC4)cc3)c12. The van der Waals surface area contributed by atoms with Crippen LogP contribution in [0.1, 0.15) is 36.8 Å². The highest BCUT2D eigenvalue weighted by Gasteiger charge is 2.30. The number of nitrogens with zero attached hydrogens (tertiary/aromatic N) is 3. The molecule has 2 fully saturated rings. The first kappa shape index (κ1) is 27.5. The standard InChI is InChI=1S/C32H34F3N5O/c33-32(34,35)24-7-5-23(6-8-24)28-21-37-31(41)29-27(28)11-15-36-30(29)38-25-9-3-22(4-10-25)12-18-39-19-13-26(14-20-39)40-16-1-2-17-40/h3-11,15,21,26H,1-2,12-14,16-20H2,(H,36,38)(H,37,41). The Hall–Kier alpha value is -3.69. The number of benzene rings is 2. The molecule has 9 heteroatoms. The smallest absolute Gasteiger partial charge is 0.340 e. The predicted molar refractivity (Wildman–Crippen MR) is 156 cm³/mol. The number of alkyl halides is 3. The van der Waals surface area contributed by atoms with Gasteiger partial charge in [0.05, 0.1) is 10.9 Å². The number of halogens is 3. The Kier molecular flexibility index (Phi) is 7.81. The predicted octanol–water partition coefficient (Wildman–Crippen LogP) is 6.46. The van der Waals surface area contributed by atoms with Gasteiger partial charge in [0.2, 0.25) is 0 Å². The van der Waals surface area contributed by atoms with Gasteiger partial charge in [-0.2, -0.15) is 13.2 Å². The summed E-state index contributed by atoms with van der Waals surface area (Å²) in [5.74, 6) is 0.395. The van der Waals surface area contributed by atoms with E-state index in [0.717, 1.165) is 49.9 Å². The molecule has 0 bridgehead atoms. The second kappa shape index (κ2) is 11.7. The minimum Gasteiger partial charge on any atom is -0.340 e. The third-order valence-electron chi connectivity index (χ3n) is 8.49. The summed E-state index contributed by atoms with van der Waals surface area (Å²) >= 11 is 0. The molecule has 0 radical (unpaired) electrons. The molecule has 2 saturated heterocycles. The molecule has 2 aliphatic rings. The van der Waals surface area contributed by atoms with Crippen molar-refractivity contribution in [2.45, 2.75) is 44.3 Å². The topological polar surface area (TPSA) is 64.3 Å². The van der Waals surface area contributed by atoms with E-state index in [0.29, 0.717) is 27.7 Å². The lowest BCUT2D eigenvalue weighted by molar-refractivity contribution is -0.137. The normalized spacial score (nSPS) is 17.3. The van der Waals surface area contributed by atoms with Crippen LogP contribution in [0.5, 0.6) is 0 Å². The van der Waals surface area contributed by atoms with Crippen LogP contribution in [-0.4, -0.2) is 58.5 Å². The van der Waals surface area contributed by atoms with Crippen LogP contribution >= 0.6 is 0 Å². The fourth-order valence-electron chi connectivity index (χ4n) is 6.17. The van der Waals surface area contributed by atoms with Gasteiger partial charge >= 0.3 is 6.18 Å². The van der Waals surface area contributed by atoms with Crippen LogP contribution in [0.4, 0.5) is 24.7 Å². The molecule has 4 heterocycles. The molecule has 0 atom stereocenters. The van der Waals surface area contributed by atoms with Crippen molar-refractivity contribution in [3.8, 4) is 11.1 Å². The van der Waals surface area contributed by atoms with Gasteiger partial charge in [-0.15, -0.1) is 0 Å². The highest BCUT2D eigenvalue weighted by molar-refractivity contribution is 6.01. The van der Waals surface area contributed by atoms with E-state index in [4.69, 9.17) is 0 Å². The van der Waals surface area contributed by atoms with Crippen molar-refractivity contribution >= 4 is 22.3 Å². The van der Waals surface area contributed by atoms with E-state index in [-0.39, 0.29) is 5.56 Å². The van der Waals surface area contributed by atoms with E-state index in [1.165, 1.54) is 62.7 Å². The van der Waals surface area contributed by atoms with Crippen molar-refractivity contribution in [3.63, 3.8) is 0 Å². The van der Waals surface area contributed by atoms with Gasteiger partial charge < -0.3 is 20.1 Å². The van der Waals surface area contributed by atoms with Gasteiger partial charge in [0.1, 0.15) is 5.82 Å². The molecule has 0 aliphatic carbocycles. The maximum absolute atomic E-state index is 13.0. The van der Waals surface area contributed by atoms with Crippen LogP contribution in [-0.2, 0) is 12.6 Å². The van der Waals surface area contributed by atoms with Gasteiger partial charge in [0.25, 0.3) is 5.56 Å². The lowest BCUT2D eigenvalue weighted by atomic mass is 10.0. The molecule has 0 spiro atoms. The number of pyridine rings is 2. The molecule has 41 heavy (non-hydrogen) atoms. The number of hydrogen-bond donors (Lipinski definition) is 2. The van der Waals surface area contributed by atoms with E-state index < -0.39 is 11.7 Å². The molecule has 0 saturated carbocycles. The number of aromatic nitrogens is 2. The lowest BCUT2D eigenvalue weighted by Crippen LogP contribution is -2.44. The van der Waals surface area contributed by atoms with Crippen molar-refractivity contribution in [1.29, 1.82) is 0 Å². The maximum atomic E-state index is 13.0. The first-order chi connectivity index (χ1) is 19.8. The Bertz CT molecular complexity index is 1540. The molecule has 214 valence electrons. The lowest BCUT2D eigenvalue weighted by Gasteiger charge is -2.36. The quantitative estimate of drug-likeness (QED) is 0.271. The second-order valence-corrected chi connectivity index (χ2v) is 11.1. The van der Waals surface area contributed by atoms with Crippen molar-refractivity contribution in [3.05, 3.63) is 88.5 Å². The van der Waals surface area contributed by atoms with Crippen molar-refractivity contribution < 1.29 is 13.2 Å². The first-order valence-corrected chi connectivity index (χ1v) is 14.4. The Morgan fingerprint density at radius 2 is 1.63 bits per heavy atom. The molecule has 0 unspecified atom stereocenters. The largest absolute Gasteiger partial charge is 0.416 e. The molecule has 6 nitrogen and oxygen atoms in total. The fraction of sp³-hybridized carbons (Fsp3) is 0.375. The van der Waals surface area contributed by atoms with Gasteiger partial charge in [-0.1, -0.05) is 24.3 Å². The zero-order valence-electron chi connectivity index (χ0n) is 22.9. The minimum atomic E-state index is -4.41. The zero-order chi connectivity index (χ0) is 28.4. The zero-order valence-corrected chi connectivity index (χ0v) is 22.9. The summed E-state index contributed by atoms with van der Waals surface area (Å²) in [7, 11) is 0. The van der Waals surface area contributed by atoms with Gasteiger partial charge in [-0.25, -0.2) is 4.98 Å². The van der Waals surface area contributed by atoms with Crippen molar-refractivity contribution in [2.75, 3.05) is 38.0 Å². The Morgan fingerprint density at radius 1 is 0.927 bits per heavy atom. The molecular formula is C32H34F3N5O. The van der Waals surface area contributed by atoms with Crippen LogP contribution in [0, 0.1) is 0 Å². The van der Waals surface area contributed by atoms with E-state index in [9.17, 15) is 18.0 Å². The summed E-state index contributed by atoms with van der Waals surface area (Å²) in [5, 5.41) is 4.23. The molecule has 4 aromatic rings. The van der Waals surface area contributed by atoms with Crippen LogP contribution in [0.25, 0.3) is 21.9 Å². The summed E-state index contributed by atoms with van der Waals surface area (Å²) in [4.78, 5) is 25.2. The minimum absolute atomic E-state index is 0.323. The molecule has 2 aliphatic heterocycles. The summed E-state index contributed by atoms with van der Waals surface area (Å²) in [5.41, 5.74) is 2.21. The van der Waals surface area contributed by atoms with Crippen molar-refractivity contribution in [1.82, 2.24) is 19.8 Å². The van der Waals surface area contributed by atoms with Gasteiger partial charge in [-0.3, -0.25) is 4.79 Å².